The maximum absolute atomic E-state index is 11.5. The van der Waals surface area contributed by atoms with E-state index in [0.29, 0.717) is 11.3 Å². The summed E-state index contributed by atoms with van der Waals surface area (Å²) in [5.41, 5.74) is 2.85. The minimum Gasteiger partial charge on any atom is -0.755 e. The number of rotatable bonds is 5. The molecule has 0 aliphatic carbocycles. The lowest BCUT2D eigenvalue weighted by atomic mass is 10.1. The number of esters is 1. The summed E-state index contributed by atoms with van der Waals surface area (Å²) in [6.07, 6.45) is 0. The van der Waals surface area contributed by atoms with Gasteiger partial charge in [0.1, 0.15) is 0 Å². The fourth-order valence-electron chi connectivity index (χ4n) is 1.97. The van der Waals surface area contributed by atoms with E-state index in [-0.39, 0.29) is 6.54 Å². The van der Waals surface area contributed by atoms with E-state index in [2.05, 4.69) is 4.74 Å². The first-order valence-corrected chi connectivity index (χ1v) is 7.65. The highest BCUT2D eigenvalue weighted by atomic mass is 32.2. The van der Waals surface area contributed by atoms with Crippen LogP contribution < -0.4 is 4.31 Å². The van der Waals surface area contributed by atoms with Gasteiger partial charge in [-0.05, 0) is 36.8 Å². The van der Waals surface area contributed by atoms with Crippen molar-refractivity contribution < 1.29 is 18.3 Å². The van der Waals surface area contributed by atoms with Crippen molar-refractivity contribution in [2.45, 2.75) is 13.5 Å². The molecule has 0 aromatic heterocycles. The number of carbonyl (C=O) groups is 1. The molecule has 6 heteroatoms. The van der Waals surface area contributed by atoms with Gasteiger partial charge in [0.2, 0.25) is 0 Å². The van der Waals surface area contributed by atoms with Crippen molar-refractivity contribution >= 4 is 22.9 Å². The molecule has 0 saturated heterocycles. The molecule has 2 aromatic rings. The topological polar surface area (TPSA) is 69.7 Å². The highest BCUT2D eigenvalue weighted by Gasteiger charge is 2.10. The molecule has 2 aromatic carbocycles. The maximum Gasteiger partial charge on any atom is 0.337 e. The molecule has 0 radical (unpaired) electrons. The summed E-state index contributed by atoms with van der Waals surface area (Å²) >= 11 is -2.39. The molecule has 22 heavy (non-hydrogen) atoms. The summed E-state index contributed by atoms with van der Waals surface area (Å²) in [5.74, 6) is -0.422. The highest BCUT2D eigenvalue weighted by molar-refractivity contribution is 7.80. The molecule has 0 saturated carbocycles. The van der Waals surface area contributed by atoms with Crippen LogP contribution in [0.4, 0.5) is 5.69 Å². The number of ether oxygens (including phenoxy) is 1. The van der Waals surface area contributed by atoms with E-state index in [1.54, 1.807) is 36.4 Å². The van der Waals surface area contributed by atoms with Crippen LogP contribution in [0.5, 0.6) is 0 Å². The first kappa shape index (κ1) is 16.2. The van der Waals surface area contributed by atoms with Crippen molar-refractivity contribution in [2.24, 2.45) is 0 Å². The Hall–Kier alpha value is -2.18. The van der Waals surface area contributed by atoms with E-state index < -0.39 is 17.2 Å². The van der Waals surface area contributed by atoms with Crippen molar-refractivity contribution in [1.82, 2.24) is 0 Å². The van der Waals surface area contributed by atoms with Crippen molar-refractivity contribution in [2.75, 3.05) is 11.4 Å². The second-order valence-electron chi connectivity index (χ2n) is 4.78. The molecule has 1 unspecified atom stereocenters. The Labute approximate surface area is 131 Å². The molecule has 0 amide bonds. The number of nitrogens with zero attached hydrogens (tertiary/aromatic N) is 1. The van der Waals surface area contributed by atoms with Gasteiger partial charge in [-0.3, -0.25) is 8.51 Å². The summed E-state index contributed by atoms with van der Waals surface area (Å²) in [7, 11) is 1.32. The van der Waals surface area contributed by atoms with Gasteiger partial charge < -0.3 is 9.29 Å². The van der Waals surface area contributed by atoms with Crippen LogP contribution >= 0.6 is 0 Å². The predicted molar refractivity (Wildman–Crippen MR) is 84.1 cm³/mol. The quantitative estimate of drug-likeness (QED) is 0.627. The van der Waals surface area contributed by atoms with Crippen molar-refractivity contribution in [3.63, 3.8) is 0 Å². The molecule has 0 spiro atoms. The van der Waals surface area contributed by atoms with Crippen LogP contribution in [0, 0.1) is 6.92 Å². The maximum atomic E-state index is 11.5. The van der Waals surface area contributed by atoms with E-state index in [4.69, 9.17) is 0 Å². The summed E-state index contributed by atoms with van der Waals surface area (Å²) in [6, 6.07) is 13.9. The van der Waals surface area contributed by atoms with Crippen LogP contribution in [-0.4, -0.2) is 21.8 Å². The SMILES string of the molecule is COC(=O)c1ccc(CN(c2ccc(C)cc2)S(=O)[O-])cc1. The van der Waals surface area contributed by atoms with Crippen LogP contribution in [0.1, 0.15) is 21.5 Å². The molecule has 1 atom stereocenters. The van der Waals surface area contributed by atoms with Crippen LogP contribution in [0.25, 0.3) is 0 Å². The van der Waals surface area contributed by atoms with Crippen molar-refractivity contribution in [3.05, 3.63) is 65.2 Å². The Kier molecular flexibility index (Phi) is 5.30. The van der Waals surface area contributed by atoms with E-state index >= 15 is 0 Å². The highest BCUT2D eigenvalue weighted by Crippen LogP contribution is 2.19. The van der Waals surface area contributed by atoms with Crippen LogP contribution in [-0.2, 0) is 22.5 Å². The molecule has 0 heterocycles. The minimum atomic E-state index is -2.39. The third kappa shape index (κ3) is 3.93. The second kappa shape index (κ2) is 7.20. The lowest BCUT2D eigenvalue weighted by Gasteiger charge is -2.26. The van der Waals surface area contributed by atoms with Gasteiger partial charge in [-0.1, -0.05) is 29.8 Å². The molecular weight excluding hydrogens is 302 g/mol. The van der Waals surface area contributed by atoms with Gasteiger partial charge in [0.25, 0.3) is 0 Å². The Bertz CT molecular complexity index is 668. The minimum absolute atomic E-state index is 0.195. The molecule has 0 bridgehead atoms. The lowest BCUT2D eigenvalue weighted by Crippen LogP contribution is -2.24. The number of methoxy groups -OCH3 is 1. The van der Waals surface area contributed by atoms with Gasteiger partial charge in [-0.2, -0.15) is 0 Å². The van der Waals surface area contributed by atoms with E-state index in [9.17, 15) is 13.6 Å². The number of aryl methyl sites for hydroxylation is 1. The Morgan fingerprint density at radius 3 is 2.23 bits per heavy atom. The number of hydrogen-bond acceptors (Lipinski definition) is 4. The zero-order valence-electron chi connectivity index (χ0n) is 12.3. The fourth-order valence-corrected chi connectivity index (χ4v) is 2.52. The first-order valence-electron chi connectivity index (χ1n) is 6.62. The number of anilines is 1. The molecule has 0 fully saturated rings. The average molecular weight is 318 g/mol. The summed E-state index contributed by atoms with van der Waals surface area (Å²) in [5, 5.41) is 0. The van der Waals surface area contributed by atoms with E-state index in [1.807, 2.05) is 19.1 Å². The Balaban J connectivity index is 2.19. The third-order valence-electron chi connectivity index (χ3n) is 3.20. The summed E-state index contributed by atoms with van der Waals surface area (Å²) < 4.78 is 28.8. The van der Waals surface area contributed by atoms with Gasteiger partial charge in [0, 0.05) is 17.0 Å². The van der Waals surface area contributed by atoms with Crippen LogP contribution in [0.3, 0.4) is 0 Å². The number of hydrogen-bond donors (Lipinski definition) is 0. The Morgan fingerprint density at radius 1 is 1.14 bits per heavy atom. The van der Waals surface area contributed by atoms with Gasteiger partial charge in [0.05, 0.1) is 19.2 Å². The molecule has 5 nitrogen and oxygen atoms in total. The lowest BCUT2D eigenvalue weighted by molar-refractivity contribution is 0.0600. The number of carbonyl (C=O) groups excluding carboxylic acids is 1. The molecule has 0 aliphatic heterocycles. The average Bonchev–Trinajstić information content (AvgIpc) is 2.53. The van der Waals surface area contributed by atoms with Crippen LogP contribution in [0.15, 0.2) is 48.5 Å². The first-order chi connectivity index (χ1) is 10.5. The van der Waals surface area contributed by atoms with Crippen molar-refractivity contribution in [3.8, 4) is 0 Å². The molecular formula is C16H16NO4S-. The van der Waals surface area contributed by atoms with E-state index in [0.717, 1.165) is 11.1 Å². The summed E-state index contributed by atoms with van der Waals surface area (Å²) in [4.78, 5) is 11.4. The zero-order chi connectivity index (χ0) is 16.1. The van der Waals surface area contributed by atoms with Crippen LogP contribution in [0.2, 0.25) is 0 Å². The molecule has 2 rings (SSSR count). The fraction of sp³-hybridized carbons (Fsp3) is 0.188. The zero-order valence-corrected chi connectivity index (χ0v) is 13.1. The normalized spacial score (nSPS) is 11.8. The molecule has 116 valence electrons. The third-order valence-corrected chi connectivity index (χ3v) is 3.90. The second-order valence-corrected chi connectivity index (χ2v) is 5.65. The largest absolute Gasteiger partial charge is 0.755 e. The number of benzene rings is 2. The van der Waals surface area contributed by atoms with Gasteiger partial charge >= 0.3 is 5.97 Å². The van der Waals surface area contributed by atoms with Gasteiger partial charge in [-0.25, -0.2) is 4.79 Å². The monoisotopic (exact) mass is 318 g/mol. The summed E-state index contributed by atoms with van der Waals surface area (Å²) in [6.45, 7) is 2.13. The van der Waals surface area contributed by atoms with Crippen molar-refractivity contribution in [1.29, 1.82) is 0 Å². The Morgan fingerprint density at radius 2 is 1.73 bits per heavy atom. The smallest absolute Gasteiger partial charge is 0.337 e. The van der Waals surface area contributed by atoms with Gasteiger partial charge in [-0.15, -0.1) is 0 Å². The standard InChI is InChI=1S/C16H17NO4S/c1-12-3-9-15(10-4-12)17(22(19)20)11-13-5-7-14(8-6-13)16(18)21-2/h3-10H,11H2,1-2H3,(H,19,20)/p-1. The predicted octanol–water partition coefficient (Wildman–Crippen LogP) is 2.58. The molecule has 0 aliphatic rings. The molecule has 0 N–H and O–H groups in total. The van der Waals surface area contributed by atoms with E-state index in [1.165, 1.54) is 11.4 Å². The van der Waals surface area contributed by atoms with Gasteiger partial charge in [0.15, 0.2) is 0 Å².